The van der Waals surface area contributed by atoms with Crippen LogP contribution >= 0.6 is 12.4 Å². The number of terminal acetylenes is 1. The molecule has 6 heterocycles. The Bertz CT molecular complexity index is 2590. The molecule has 2 aliphatic heterocycles. The highest BCUT2D eigenvalue weighted by atomic mass is 35.5. The first-order valence-corrected chi connectivity index (χ1v) is 25.7. The van der Waals surface area contributed by atoms with Gasteiger partial charge in [-0.1, -0.05) is 75.1 Å². The number of halogens is 1. The summed E-state index contributed by atoms with van der Waals surface area (Å²) in [6.45, 7) is 13.9. The van der Waals surface area contributed by atoms with Gasteiger partial charge in [0.2, 0.25) is 29.7 Å². The predicted molar refractivity (Wildman–Crippen MR) is 284 cm³/mol. The second-order valence-corrected chi connectivity index (χ2v) is 18.9. The highest BCUT2D eigenvalue weighted by molar-refractivity contribution is 5.85. The minimum Gasteiger partial charge on any atom is -0.481 e. The number of carbonyl (C=O) groups is 3. The van der Waals surface area contributed by atoms with Crippen molar-refractivity contribution >= 4 is 58.9 Å². The molecule has 7 rings (SSSR count). The number of nitrogens with two attached hydrogens (primary N) is 2. The Morgan fingerprint density at radius 2 is 1.28 bits per heavy atom. The number of aliphatic carboxylic acids is 1. The summed E-state index contributed by atoms with van der Waals surface area (Å²) in [5.41, 5.74) is 16.1. The van der Waals surface area contributed by atoms with Gasteiger partial charge in [-0.25, -0.2) is 9.36 Å². The van der Waals surface area contributed by atoms with E-state index >= 15 is 0 Å². The predicted octanol–water partition coefficient (Wildman–Crippen LogP) is 3.03. The zero-order valence-corrected chi connectivity index (χ0v) is 44.3. The summed E-state index contributed by atoms with van der Waals surface area (Å²) in [5.74, 6) is 2.58. The number of carbonyl (C=O) groups excluding carboxylic acids is 2. The fourth-order valence-corrected chi connectivity index (χ4v) is 8.85. The molecule has 2 amide bonds. The number of H-pyrrole nitrogens is 1. The molecule has 6 atom stereocenters. The Morgan fingerprint density at radius 1 is 0.760 bits per heavy atom. The molecule has 2 saturated heterocycles. The van der Waals surface area contributed by atoms with Crippen LogP contribution in [0.3, 0.4) is 0 Å². The van der Waals surface area contributed by atoms with Crippen LogP contribution in [0.1, 0.15) is 94.6 Å². The molecule has 1 aromatic carbocycles. The van der Waals surface area contributed by atoms with Crippen LogP contribution in [0.25, 0.3) is 10.9 Å². The van der Waals surface area contributed by atoms with Crippen molar-refractivity contribution < 1.29 is 33.7 Å². The number of nitrogens with zero attached hydrogens (tertiary/aromatic N) is 13. The second-order valence-electron chi connectivity index (χ2n) is 18.9. The number of para-hydroxylation sites is 1. The van der Waals surface area contributed by atoms with Gasteiger partial charge in [-0.2, -0.15) is 15.0 Å². The Balaban J connectivity index is 0.00000914. The van der Waals surface area contributed by atoms with Crippen molar-refractivity contribution in [2.75, 3.05) is 114 Å². The fourth-order valence-electron chi connectivity index (χ4n) is 8.85. The minimum atomic E-state index is -1.01. The number of aromatic nitrogens is 10. The molecule has 0 bridgehead atoms. The Morgan fingerprint density at radius 3 is 1.81 bits per heavy atom. The van der Waals surface area contributed by atoms with Gasteiger partial charge in [0.25, 0.3) is 0 Å². The van der Waals surface area contributed by atoms with Gasteiger partial charge >= 0.3 is 5.97 Å². The van der Waals surface area contributed by atoms with E-state index in [1.165, 1.54) is 4.68 Å². The van der Waals surface area contributed by atoms with Crippen LogP contribution in [-0.2, 0) is 35.0 Å². The van der Waals surface area contributed by atoms with Crippen LogP contribution < -0.4 is 26.6 Å². The lowest BCUT2D eigenvalue weighted by atomic mass is 9.98. The first-order valence-electron chi connectivity index (χ1n) is 25.7. The molecule has 25 heteroatoms. The Hall–Kier alpha value is -6.49. The third kappa shape index (κ3) is 15.5. The van der Waals surface area contributed by atoms with Gasteiger partial charge in [-0.15, -0.1) is 29.0 Å². The lowest BCUT2D eigenvalue weighted by molar-refractivity contribution is -0.139. The summed E-state index contributed by atoms with van der Waals surface area (Å²) in [7, 11) is 0. The number of nitrogens with one attached hydrogen (secondary N) is 2. The minimum absolute atomic E-state index is 0. The third-order valence-corrected chi connectivity index (χ3v) is 13.9. The zero-order valence-electron chi connectivity index (χ0n) is 43.5. The molecular formula is C50H74ClN17O7. The van der Waals surface area contributed by atoms with Crippen molar-refractivity contribution in [3.63, 3.8) is 0 Å². The molecule has 0 radical (unpaired) electrons. The topological polar surface area (TPSA) is 292 Å². The van der Waals surface area contributed by atoms with Gasteiger partial charge < -0.3 is 60.7 Å². The normalized spacial score (nSPS) is 16.4. The molecule has 2 aliphatic rings. The SMILES string of the molecule is C#CCOCCOCCOCCNc1nc(N2CCN(C(=O)[C@@H](Cc3cc4ccccc4[nH]3)n3cc(C(N)[C@H](C)CC)nn3)CC2)nc(N2CCN(C(=O)[C@H](CCC(=O)O)n3cc(C(N)[C@H](C)CC)nn3)CC2)n1.Cl. The van der Waals surface area contributed by atoms with E-state index in [1.54, 1.807) is 15.8 Å². The van der Waals surface area contributed by atoms with Crippen LogP contribution in [0, 0.1) is 24.2 Å². The van der Waals surface area contributed by atoms with E-state index < -0.39 is 18.1 Å². The van der Waals surface area contributed by atoms with Crippen LogP contribution in [0.4, 0.5) is 17.8 Å². The Kier molecular flexibility index (Phi) is 21.9. The molecular weight excluding hydrogens is 986 g/mol. The number of benzene rings is 1. The maximum Gasteiger partial charge on any atom is 0.303 e. The number of carboxylic acids is 1. The summed E-state index contributed by atoms with van der Waals surface area (Å²) >= 11 is 0. The lowest BCUT2D eigenvalue weighted by Gasteiger charge is -2.38. The number of rotatable bonds is 28. The maximum atomic E-state index is 14.7. The lowest BCUT2D eigenvalue weighted by Crippen LogP contribution is -2.52. The van der Waals surface area contributed by atoms with Crippen LogP contribution in [0.15, 0.2) is 42.7 Å². The molecule has 0 aliphatic carbocycles. The summed E-state index contributed by atoms with van der Waals surface area (Å²) < 4.78 is 19.7. The van der Waals surface area contributed by atoms with Gasteiger partial charge in [0.05, 0.1) is 68.9 Å². The molecule has 0 saturated carbocycles. The number of piperazine rings is 2. The number of amides is 2. The smallest absolute Gasteiger partial charge is 0.303 e. The molecule has 0 spiro atoms. The van der Waals surface area contributed by atoms with E-state index in [4.69, 9.17) is 47.1 Å². The Labute approximate surface area is 444 Å². The monoisotopic (exact) mass is 1060 g/mol. The first-order chi connectivity index (χ1) is 35.9. The van der Waals surface area contributed by atoms with E-state index in [2.05, 4.69) is 56.8 Å². The molecule has 5 aromatic rings. The molecule has 2 unspecified atom stereocenters. The number of anilines is 3. The number of carboxylic acid groups (broad SMARTS) is 1. The number of hydrogen-bond donors (Lipinski definition) is 5. The molecule has 7 N–H and O–H groups in total. The summed E-state index contributed by atoms with van der Waals surface area (Å²) in [6.07, 6.45) is 10.6. The third-order valence-electron chi connectivity index (χ3n) is 13.9. The van der Waals surface area contributed by atoms with Crippen molar-refractivity contribution in [1.82, 2.24) is 59.7 Å². The van der Waals surface area contributed by atoms with Gasteiger partial charge in [-0.3, -0.25) is 14.4 Å². The van der Waals surface area contributed by atoms with Crippen molar-refractivity contribution in [3.05, 3.63) is 59.8 Å². The summed E-state index contributed by atoms with van der Waals surface area (Å²) in [4.78, 5) is 66.3. The average molecular weight is 1060 g/mol. The van der Waals surface area contributed by atoms with Crippen molar-refractivity contribution in [2.45, 2.75) is 84.0 Å². The highest BCUT2D eigenvalue weighted by Crippen LogP contribution is 2.28. The second kappa shape index (κ2) is 28.4. The molecule has 2 fully saturated rings. The first kappa shape index (κ1) is 57.8. The molecule has 4 aromatic heterocycles. The molecule has 408 valence electrons. The van der Waals surface area contributed by atoms with E-state index in [1.807, 2.05) is 59.0 Å². The van der Waals surface area contributed by atoms with E-state index in [0.29, 0.717) is 128 Å². The zero-order chi connectivity index (χ0) is 52.6. The number of fused-ring (bicyclic) bond motifs is 1. The van der Waals surface area contributed by atoms with Gasteiger partial charge in [0.1, 0.15) is 18.7 Å². The van der Waals surface area contributed by atoms with Gasteiger partial charge in [0.15, 0.2) is 0 Å². The number of hydrogen-bond acceptors (Lipinski definition) is 18. The van der Waals surface area contributed by atoms with E-state index in [-0.39, 0.29) is 67.6 Å². The number of ether oxygens (including phenoxy) is 3. The largest absolute Gasteiger partial charge is 0.481 e. The van der Waals surface area contributed by atoms with E-state index in [9.17, 15) is 19.5 Å². The fraction of sp³-hybridized carbons (Fsp3) is 0.600. The van der Waals surface area contributed by atoms with Crippen molar-refractivity contribution in [3.8, 4) is 12.3 Å². The van der Waals surface area contributed by atoms with Gasteiger partial charge in [-0.05, 0) is 35.8 Å². The van der Waals surface area contributed by atoms with Crippen LogP contribution in [0.5, 0.6) is 0 Å². The summed E-state index contributed by atoms with van der Waals surface area (Å²) in [5, 5.41) is 31.4. The molecule has 24 nitrogen and oxygen atoms in total. The van der Waals surface area contributed by atoms with Crippen molar-refractivity contribution in [1.29, 1.82) is 0 Å². The molecule has 75 heavy (non-hydrogen) atoms. The van der Waals surface area contributed by atoms with E-state index in [0.717, 1.165) is 29.4 Å². The maximum absolute atomic E-state index is 14.7. The average Bonchev–Trinajstić information content (AvgIpc) is 4.22. The highest BCUT2D eigenvalue weighted by Gasteiger charge is 2.34. The summed E-state index contributed by atoms with van der Waals surface area (Å²) in [6, 6.07) is 7.83. The standard InChI is InChI=1S/C50H73N17O7.ClH/c1-6-24-72-26-28-74-29-27-73-25-15-53-48-55-49(64-20-16-62(17-21-64)46(70)41(13-14-43(68)69)66-32-39(58-60-66)44(51)34(4)7-2)57-50(56-48)65-22-18-63(19-23-65)47(71)42(31-37-30-36-11-9-10-12-38(36)54-37)67-33-40(59-61-67)45(52)35(5)8-3;/h1,9-12,30,32-35,41-42,44-45,54H,7-8,13-29,31,51-52H2,2-5H3,(H,68,69)(H,53,55,56,57);1H/t34-,35-,41+,42-,44?,45?;/m1./s1. The van der Waals surface area contributed by atoms with Crippen molar-refractivity contribution in [2.24, 2.45) is 23.3 Å². The van der Waals surface area contributed by atoms with Crippen LogP contribution in [-0.4, -0.2) is 181 Å². The van der Waals surface area contributed by atoms with Gasteiger partial charge in [0, 0.05) is 83.0 Å². The van der Waals surface area contributed by atoms with Crippen LogP contribution in [0.2, 0.25) is 0 Å². The quantitative estimate of drug-likeness (QED) is 0.0355. The number of aromatic amines is 1.